The molecule has 0 aromatic rings. The summed E-state index contributed by atoms with van der Waals surface area (Å²) in [5.74, 6) is 0.488. The average Bonchev–Trinajstić information content (AvgIpc) is 2.34. The number of allylic oxidation sites excluding steroid dienone is 1. The van der Waals surface area contributed by atoms with Gasteiger partial charge in [0.15, 0.2) is 6.29 Å². The molecule has 0 radical (unpaired) electrons. The Morgan fingerprint density at radius 1 is 1.35 bits per heavy atom. The third-order valence-electron chi connectivity index (χ3n) is 2.87. The maximum atomic E-state index is 5.16. The highest BCUT2D eigenvalue weighted by Crippen LogP contribution is 2.14. The summed E-state index contributed by atoms with van der Waals surface area (Å²) >= 11 is 0. The number of methoxy groups -OCH3 is 2. The van der Waals surface area contributed by atoms with Crippen molar-refractivity contribution in [2.75, 3.05) is 14.2 Å². The first kappa shape index (κ1) is 16.2. The number of unbranched alkanes of at least 4 members (excludes halogenated alkanes) is 1. The van der Waals surface area contributed by atoms with Gasteiger partial charge >= 0.3 is 0 Å². The Kier molecular flexibility index (Phi) is 8.82. The van der Waals surface area contributed by atoms with E-state index < -0.39 is 0 Å². The summed E-state index contributed by atoms with van der Waals surface area (Å²) < 4.78 is 10.3. The number of nitrogens with one attached hydrogen (secondary N) is 1. The number of hydrogen-bond acceptors (Lipinski definition) is 3. The fourth-order valence-electron chi connectivity index (χ4n) is 1.57. The highest BCUT2D eigenvalue weighted by molar-refractivity contribution is 5.07. The number of hydrogen-bond donors (Lipinski definition) is 1. The summed E-state index contributed by atoms with van der Waals surface area (Å²) in [5, 5.41) is 3.22. The van der Waals surface area contributed by atoms with Crippen molar-refractivity contribution >= 4 is 0 Å². The van der Waals surface area contributed by atoms with Gasteiger partial charge in [0.25, 0.3) is 0 Å². The van der Waals surface area contributed by atoms with Crippen LogP contribution in [0.3, 0.4) is 0 Å². The van der Waals surface area contributed by atoms with Crippen LogP contribution in [-0.4, -0.2) is 20.5 Å². The third kappa shape index (κ3) is 6.49. The fraction of sp³-hybridized carbons (Fsp3) is 0.714. The first-order valence-corrected chi connectivity index (χ1v) is 6.24. The van der Waals surface area contributed by atoms with Crippen molar-refractivity contribution in [3.05, 3.63) is 24.0 Å². The van der Waals surface area contributed by atoms with Crippen molar-refractivity contribution in [2.45, 2.75) is 46.3 Å². The molecule has 3 nitrogen and oxygen atoms in total. The van der Waals surface area contributed by atoms with Crippen molar-refractivity contribution < 1.29 is 9.47 Å². The van der Waals surface area contributed by atoms with E-state index in [4.69, 9.17) is 9.47 Å². The van der Waals surface area contributed by atoms with Crippen molar-refractivity contribution in [1.29, 1.82) is 0 Å². The molecule has 0 saturated carbocycles. The van der Waals surface area contributed by atoms with E-state index in [2.05, 4.69) is 25.7 Å². The Morgan fingerprint density at radius 2 is 1.94 bits per heavy atom. The van der Waals surface area contributed by atoms with Gasteiger partial charge in [-0.05, 0) is 24.8 Å². The molecule has 0 fully saturated rings. The Morgan fingerprint density at radius 3 is 2.41 bits per heavy atom. The molecule has 0 spiro atoms. The summed E-state index contributed by atoms with van der Waals surface area (Å²) in [6, 6.07) is 0. The van der Waals surface area contributed by atoms with E-state index >= 15 is 0 Å². The molecule has 0 rings (SSSR count). The molecular weight excluding hydrogens is 214 g/mol. The molecule has 0 heterocycles. The predicted molar refractivity (Wildman–Crippen MR) is 72.5 cm³/mol. The van der Waals surface area contributed by atoms with Crippen LogP contribution in [0.2, 0.25) is 0 Å². The van der Waals surface area contributed by atoms with E-state index in [0.717, 1.165) is 11.3 Å². The molecule has 0 aromatic carbocycles. The normalized spacial score (nSPS) is 13.9. The second-order valence-electron chi connectivity index (χ2n) is 4.40. The third-order valence-corrected chi connectivity index (χ3v) is 2.87. The Bertz CT molecular complexity index is 245. The first-order chi connectivity index (χ1) is 8.06. The second kappa shape index (κ2) is 9.25. The number of rotatable bonds is 9. The van der Waals surface area contributed by atoms with Crippen LogP contribution in [0.15, 0.2) is 24.0 Å². The zero-order valence-electron chi connectivity index (χ0n) is 11.9. The van der Waals surface area contributed by atoms with E-state index in [1.165, 1.54) is 19.3 Å². The quantitative estimate of drug-likeness (QED) is 0.627. The van der Waals surface area contributed by atoms with Gasteiger partial charge in [0.05, 0.1) is 0 Å². The summed E-state index contributed by atoms with van der Waals surface area (Å²) in [6.07, 6.45) is 5.25. The second-order valence-corrected chi connectivity index (χ2v) is 4.40. The monoisotopic (exact) mass is 241 g/mol. The lowest BCUT2D eigenvalue weighted by molar-refractivity contribution is -0.0749. The van der Waals surface area contributed by atoms with Crippen molar-refractivity contribution in [3.63, 3.8) is 0 Å². The SMILES string of the molecule is C=C(N/C=C(\C)C(OC)OC)C(C)CCCC. The molecule has 0 bridgehead atoms. The predicted octanol–water partition coefficient (Wildman–Crippen LogP) is 3.44. The molecule has 0 aliphatic heterocycles. The van der Waals surface area contributed by atoms with Crippen LogP contribution < -0.4 is 5.32 Å². The van der Waals surface area contributed by atoms with Crippen LogP contribution in [0.5, 0.6) is 0 Å². The Labute approximate surface area is 106 Å². The Hall–Kier alpha value is -0.800. The highest BCUT2D eigenvalue weighted by atomic mass is 16.7. The van der Waals surface area contributed by atoms with Crippen LogP contribution in [0.25, 0.3) is 0 Å². The van der Waals surface area contributed by atoms with Gasteiger partial charge in [-0.1, -0.05) is 33.3 Å². The molecule has 3 heteroatoms. The van der Waals surface area contributed by atoms with Crippen LogP contribution in [0.4, 0.5) is 0 Å². The molecule has 0 aliphatic rings. The molecule has 100 valence electrons. The first-order valence-electron chi connectivity index (χ1n) is 6.24. The number of ether oxygens (including phenoxy) is 2. The van der Waals surface area contributed by atoms with E-state index in [9.17, 15) is 0 Å². The minimum atomic E-state index is -0.291. The van der Waals surface area contributed by atoms with E-state index in [1.54, 1.807) is 14.2 Å². The highest BCUT2D eigenvalue weighted by Gasteiger charge is 2.08. The maximum Gasteiger partial charge on any atom is 0.180 e. The van der Waals surface area contributed by atoms with Crippen LogP contribution >= 0.6 is 0 Å². The smallest absolute Gasteiger partial charge is 0.180 e. The maximum absolute atomic E-state index is 5.16. The van der Waals surface area contributed by atoms with Crippen molar-refractivity contribution in [2.24, 2.45) is 5.92 Å². The minimum Gasteiger partial charge on any atom is -0.365 e. The molecule has 0 saturated heterocycles. The minimum absolute atomic E-state index is 0.291. The summed E-state index contributed by atoms with van der Waals surface area (Å²) in [4.78, 5) is 0. The van der Waals surface area contributed by atoms with Gasteiger partial charge in [0.2, 0.25) is 0 Å². The molecule has 0 aromatic heterocycles. The van der Waals surface area contributed by atoms with Crippen molar-refractivity contribution in [1.82, 2.24) is 5.32 Å². The van der Waals surface area contributed by atoms with Gasteiger partial charge in [-0.3, -0.25) is 0 Å². The summed E-state index contributed by atoms with van der Waals surface area (Å²) in [7, 11) is 3.26. The van der Waals surface area contributed by atoms with E-state index in [0.29, 0.717) is 5.92 Å². The van der Waals surface area contributed by atoms with Crippen LogP contribution in [0.1, 0.15) is 40.0 Å². The van der Waals surface area contributed by atoms with Gasteiger partial charge in [0.1, 0.15) is 0 Å². The molecule has 17 heavy (non-hydrogen) atoms. The zero-order valence-corrected chi connectivity index (χ0v) is 11.9. The standard InChI is InChI=1S/C14H27NO2/c1-7-8-9-11(2)13(4)15-10-12(3)14(16-5)17-6/h10-11,14-15H,4,7-9H2,1-3,5-6H3/b12-10+. The molecular formula is C14H27NO2. The topological polar surface area (TPSA) is 30.5 Å². The summed E-state index contributed by atoms with van der Waals surface area (Å²) in [6.45, 7) is 10.4. The summed E-state index contributed by atoms with van der Waals surface area (Å²) in [5.41, 5.74) is 2.04. The van der Waals surface area contributed by atoms with Gasteiger partial charge < -0.3 is 14.8 Å². The van der Waals surface area contributed by atoms with Crippen LogP contribution in [0, 0.1) is 5.92 Å². The lowest BCUT2D eigenvalue weighted by atomic mass is 10.0. The lowest BCUT2D eigenvalue weighted by Gasteiger charge is -2.17. The van der Waals surface area contributed by atoms with Crippen molar-refractivity contribution in [3.8, 4) is 0 Å². The molecule has 0 aliphatic carbocycles. The van der Waals surface area contributed by atoms with Gasteiger partial charge in [-0.25, -0.2) is 0 Å². The molecule has 1 unspecified atom stereocenters. The van der Waals surface area contributed by atoms with E-state index in [1.807, 2.05) is 13.1 Å². The molecule has 1 N–H and O–H groups in total. The largest absolute Gasteiger partial charge is 0.365 e. The average molecular weight is 241 g/mol. The fourth-order valence-corrected chi connectivity index (χ4v) is 1.57. The molecule has 1 atom stereocenters. The van der Waals surface area contributed by atoms with E-state index in [-0.39, 0.29) is 6.29 Å². The van der Waals surface area contributed by atoms with Gasteiger partial charge in [0, 0.05) is 26.1 Å². The van der Waals surface area contributed by atoms with Gasteiger partial charge in [-0.2, -0.15) is 0 Å². The van der Waals surface area contributed by atoms with Gasteiger partial charge in [-0.15, -0.1) is 0 Å². The Balaban J connectivity index is 4.16. The van der Waals surface area contributed by atoms with Crippen LogP contribution in [-0.2, 0) is 9.47 Å². The zero-order chi connectivity index (χ0) is 13.3. The molecule has 0 amide bonds. The lowest BCUT2D eigenvalue weighted by Crippen LogP contribution is -2.18.